The number of pyridine rings is 1. The molecule has 6 heteroatoms. The Morgan fingerprint density at radius 2 is 1.89 bits per heavy atom. The zero-order valence-corrected chi connectivity index (χ0v) is 16.4. The van der Waals surface area contributed by atoms with Gasteiger partial charge in [0.15, 0.2) is 0 Å². The maximum atomic E-state index is 12.1. The minimum atomic E-state index is -0.222. The van der Waals surface area contributed by atoms with E-state index in [0.717, 1.165) is 30.0 Å². The van der Waals surface area contributed by atoms with E-state index in [1.165, 1.54) is 10.9 Å². The lowest BCUT2D eigenvalue weighted by molar-refractivity contribution is 0.0711. The number of nitrogens with zero attached hydrogens (tertiary/aromatic N) is 3. The molecule has 0 radical (unpaired) electrons. The number of carbonyl (C=O) groups excluding carboxylic acids is 1. The standard InChI is InChI=1S/C22H26N4O2/c1-3-28-22(27)26-14-12-25(13-15-26)21(19-10-6-7-11-23-19)20-16(2)24-18-9-5-4-8-17(18)20/h4-11,21,24H,3,12-15H2,1-2H3/t21-/m0/s1. The van der Waals surface area contributed by atoms with E-state index in [9.17, 15) is 4.79 Å². The molecule has 28 heavy (non-hydrogen) atoms. The molecule has 1 aliphatic heterocycles. The fourth-order valence-corrected chi connectivity index (χ4v) is 4.08. The Bertz CT molecular complexity index is 946. The molecule has 146 valence electrons. The number of fused-ring (bicyclic) bond motifs is 1. The Labute approximate surface area is 165 Å². The summed E-state index contributed by atoms with van der Waals surface area (Å²) in [4.78, 5) is 24.5. The van der Waals surface area contributed by atoms with Gasteiger partial charge in [0.1, 0.15) is 0 Å². The summed E-state index contributed by atoms with van der Waals surface area (Å²) in [7, 11) is 0. The molecule has 1 N–H and O–H groups in total. The van der Waals surface area contributed by atoms with Gasteiger partial charge in [0.25, 0.3) is 0 Å². The highest BCUT2D eigenvalue weighted by Crippen LogP contribution is 2.35. The number of H-pyrrole nitrogens is 1. The quantitative estimate of drug-likeness (QED) is 0.751. The molecule has 0 saturated carbocycles. The van der Waals surface area contributed by atoms with Crippen molar-refractivity contribution in [1.29, 1.82) is 0 Å². The van der Waals surface area contributed by atoms with Gasteiger partial charge in [-0.05, 0) is 32.0 Å². The number of carbonyl (C=O) groups is 1. The van der Waals surface area contributed by atoms with Crippen molar-refractivity contribution in [3.63, 3.8) is 0 Å². The van der Waals surface area contributed by atoms with Crippen LogP contribution in [0.2, 0.25) is 0 Å². The zero-order chi connectivity index (χ0) is 19.5. The molecule has 1 saturated heterocycles. The minimum absolute atomic E-state index is 0.0432. The van der Waals surface area contributed by atoms with Crippen molar-refractivity contribution in [3.05, 3.63) is 65.6 Å². The highest BCUT2D eigenvalue weighted by molar-refractivity contribution is 5.85. The first kappa shape index (κ1) is 18.5. The Kier molecular flexibility index (Phi) is 5.30. The van der Waals surface area contributed by atoms with Crippen molar-refractivity contribution in [3.8, 4) is 0 Å². The molecule has 1 atom stereocenters. The van der Waals surface area contributed by atoms with Crippen LogP contribution in [0, 0.1) is 6.92 Å². The summed E-state index contributed by atoms with van der Waals surface area (Å²) in [5, 5.41) is 1.23. The van der Waals surface area contributed by atoms with Crippen molar-refractivity contribution in [2.75, 3.05) is 32.8 Å². The van der Waals surface area contributed by atoms with Gasteiger partial charge in [-0.1, -0.05) is 24.3 Å². The lowest BCUT2D eigenvalue weighted by atomic mass is 9.97. The van der Waals surface area contributed by atoms with Crippen LogP contribution in [0.15, 0.2) is 48.7 Å². The first-order valence-corrected chi connectivity index (χ1v) is 9.83. The number of nitrogens with one attached hydrogen (secondary N) is 1. The van der Waals surface area contributed by atoms with E-state index in [2.05, 4.69) is 52.1 Å². The average Bonchev–Trinajstić information content (AvgIpc) is 3.06. The zero-order valence-electron chi connectivity index (χ0n) is 16.4. The van der Waals surface area contributed by atoms with E-state index in [0.29, 0.717) is 19.7 Å². The van der Waals surface area contributed by atoms with Gasteiger partial charge in [-0.25, -0.2) is 4.79 Å². The molecule has 2 aromatic heterocycles. The summed E-state index contributed by atoms with van der Waals surface area (Å²) in [6, 6.07) is 14.5. The smallest absolute Gasteiger partial charge is 0.409 e. The molecular formula is C22H26N4O2. The summed E-state index contributed by atoms with van der Waals surface area (Å²) in [5.74, 6) is 0. The van der Waals surface area contributed by atoms with Crippen molar-refractivity contribution >= 4 is 17.0 Å². The predicted molar refractivity (Wildman–Crippen MR) is 109 cm³/mol. The average molecular weight is 378 g/mol. The number of amides is 1. The molecule has 1 aromatic carbocycles. The third kappa shape index (κ3) is 3.47. The summed E-state index contributed by atoms with van der Waals surface area (Å²) >= 11 is 0. The van der Waals surface area contributed by atoms with Crippen molar-refractivity contribution < 1.29 is 9.53 Å². The third-order valence-corrected chi connectivity index (χ3v) is 5.39. The third-order valence-electron chi connectivity index (χ3n) is 5.39. The first-order valence-electron chi connectivity index (χ1n) is 9.83. The van der Waals surface area contributed by atoms with Crippen LogP contribution in [0.3, 0.4) is 0 Å². The summed E-state index contributed by atoms with van der Waals surface area (Å²) in [5.41, 5.74) is 4.59. The Hall–Kier alpha value is -2.86. The molecule has 3 aromatic rings. The van der Waals surface area contributed by atoms with Gasteiger partial charge in [-0.3, -0.25) is 9.88 Å². The first-order chi connectivity index (χ1) is 13.7. The second kappa shape index (κ2) is 8.02. The van der Waals surface area contributed by atoms with E-state index >= 15 is 0 Å². The van der Waals surface area contributed by atoms with Crippen LogP contribution in [0.4, 0.5) is 4.79 Å². The van der Waals surface area contributed by atoms with Crippen LogP contribution in [-0.4, -0.2) is 58.6 Å². The molecule has 0 spiro atoms. The number of aromatic nitrogens is 2. The van der Waals surface area contributed by atoms with Crippen LogP contribution in [0.5, 0.6) is 0 Å². The highest BCUT2D eigenvalue weighted by Gasteiger charge is 2.31. The molecule has 0 unspecified atom stereocenters. The van der Waals surface area contributed by atoms with Gasteiger partial charge < -0.3 is 14.6 Å². The fourth-order valence-electron chi connectivity index (χ4n) is 4.08. The Balaban J connectivity index is 1.68. The number of aromatic amines is 1. The van der Waals surface area contributed by atoms with Crippen LogP contribution >= 0.6 is 0 Å². The Morgan fingerprint density at radius 3 is 2.61 bits per heavy atom. The molecule has 1 amide bonds. The lowest BCUT2D eigenvalue weighted by Gasteiger charge is -2.38. The monoisotopic (exact) mass is 378 g/mol. The van der Waals surface area contributed by atoms with E-state index in [1.807, 2.05) is 25.3 Å². The molecule has 4 rings (SSSR count). The van der Waals surface area contributed by atoms with Gasteiger partial charge in [0.2, 0.25) is 0 Å². The van der Waals surface area contributed by atoms with Crippen LogP contribution in [0.25, 0.3) is 10.9 Å². The molecule has 3 heterocycles. The molecule has 6 nitrogen and oxygen atoms in total. The molecule has 1 fully saturated rings. The summed E-state index contributed by atoms with van der Waals surface area (Å²) in [6.07, 6.45) is 1.63. The number of para-hydroxylation sites is 1. The van der Waals surface area contributed by atoms with Crippen molar-refractivity contribution in [2.45, 2.75) is 19.9 Å². The van der Waals surface area contributed by atoms with Gasteiger partial charge in [0, 0.05) is 54.5 Å². The number of hydrogen-bond acceptors (Lipinski definition) is 4. The highest BCUT2D eigenvalue weighted by atomic mass is 16.6. The van der Waals surface area contributed by atoms with Gasteiger partial charge in [-0.15, -0.1) is 0 Å². The molecular weight excluding hydrogens is 352 g/mol. The molecule has 0 aliphatic carbocycles. The minimum Gasteiger partial charge on any atom is -0.450 e. The fraction of sp³-hybridized carbons (Fsp3) is 0.364. The summed E-state index contributed by atoms with van der Waals surface area (Å²) < 4.78 is 5.16. The lowest BCUT2D eigenvalue weighted by Crippen LogP contribution is -2.50. The van der Waals surface area contributed by atoms with Crippen molar-refractivity contribution in [1.82, 2.24) is 19.8 Å². The Morgan fingerprint density at radius 1 is 1.14 bits per heavy atom. The SMILES string of the molecule is CCOC(=O)N1CCN([C@@H](c2ccccn2)c2c(C)[nH]c3ccccc23)CC1. The number of hydrogen-bond donors (Lipinski definition) is 1. The number of rotatable bonds is 4. The number of ether oxygens (including phenoxy) is 1. The molecule has 1 aliphatic rings. The van der Waals surface area contributed by atoms with Crippen LogP contribution in [-0.2, 0) is 4.74 Å². The van der Waals surface area contributed by atoms with Gasteiger partial charge in [0.05, 0.1) is 18.3 Å². The number of benzene rings is 1. The largest absolute Gasteiger partial charge is 0.450 e. The maximum absolute atomic E-state index is 12.1. The van der Waals surface area contributed by atoms with Gasteiger partial charge in [-0.2, -0.15) is 0 Å². The van der Waals surface area contributed by atoms with Crippen LogP contribution < -0.4 is 0 Å². The second-order valence-electron chi connectivity index (χ2n) is 7.09. The summed E-state index contributed by atoms with van der Waals surface area (Å²) in [6.45, 7) is 7.24. The van der Waals surface area contributed by atoms with Gasteiger partial charge >= 0.3 is 6.09 Å². The molecule has 0 bridgehead atoms. The van der Waals surface area contributed by atoms with E-state index in [1.54, 1.807) is 4.90 Å². The number of piperazine rings is 1. The van der Waals surface area contributed by atoms with Crippen molar-refractivity contribution in [2.24, 2.45) is 0 Å². The normalized spacial score (nSPS) is 16.3. The second-order valence-corrected chi connectivity index (χ2v) is 7.09. The maximum Gasteiger partial charge on any atom is 0.409 e. The van der Waals surface area contributed by atoms with E-state index in [-0.39, 0.29) is 12.1 Å². The van der Waals surface area contributed by atoms with E-state index < -0.39 is 0 Å². The van der Waals surface area contributed by atoms with Crippen LogP contribution in [0.1, 0.15) is 29.9 Å². The predicted octanol–water partition coefficient (Wildman–Crippen LogP) is 3.73. The van der Waals surface area contributed by atoms with E-state index in [4.69, 9.17) is 4.74 Å². The number of aryl methyl sites for hydroxylation is 1. The topological polar surface area (TPSA) is 61.5 Å².